The number of hydrogen-bond acceptors (Lipinski definition) is 1. The molecule has 2 aliphatic carbocycles. The van der Waals surface area contributed by atoms with Crippen LogP contribution < -0.4 is 0 Å². The molecule has 12 heavy (non-hydrogen) atoms. The molecule has 2 aliphatic rings. The van der Waals surface area contributed by atoms with Crippen LogP contribution in [0.1, 0.15) is 40.0 Å². The molecule has 2 fully saturated rings. The second kappa shape index (κ2) is 2.01. The second-order valence-electron chi connectivity index (χ2n) is 5.23. The second-order valence-corrected chi connectivity index (χ2v) is 5.95. The van der Waals surface area contributed by atoms with Gasteiger partial charge in [0.2, 0.25) is 0 Å². The van der Waals surface area contributed by atoms with Gasteiger partial charge in [0.1, 0.15) is 0 Å². The zero-order valence-electron chi connectivity index (χ0n) is 8.02. The van der Waals surface area contributed by atoms with E-state index in [1.807, 2.05) is 0 Å². The Balaban J connectivity index is 2.49. The predicted octanol–water partition coefficient (Wildman–Crippen LogP) is 2.55. The molecular formula is C10H17ClO. The number of fused-ring (bicyclic) bond motifs is 2. The highest BCUT2D eigenvalue weighted by Gasteiger charge is 2.68. The highest BCUT2D eigenvalue weighted by molar-refractivity contribution is 6.25. The number of aliphatic hydroxyl groups is 1. The highest BCUT2D eigenvalue weighted by Crippen LogP contribution is 2.70. The molecule has 0 spiro atoms. The molecule has 2 heteroatoms. The molecule has 2 bridgehead atoms. The summed E-state index contributed by atoms with van der Waals surface area (Å²) < 4.78 is 0. The quantitative estimate of drug-likeness (QED) is 0.580. The standard InChI is InChI=1S/C10H17ClO/c1-8(2)9(3)4-5-10(8,11)6-7(9)12/h7,12H,4-6H2,1-3H3/t7-,9+,10+/m1/s1. The molecule has 0 heterocycles. The Morgan fingerprint density at radius 1 is 1.25 bits per heavy atom. The summed E-state index contributed by atoms with van der Waals surface area (Å²) >= 11 is 6.51. The van der Waals surface area contributed by atoms with Gasteiger partial charge < -0.3 is 5.11 Å². The lowest BCUT2D eigenvalue weighted by atomic mass is 9.70. The highest BCUT2D eigenvalue weighted by atomic mass is 35.5. The molecule has 0 saturated heterocycles. The average Bonchev–Trinajstić information content (AvgIpc) is 2.18. The van der Waals surface area contributed by atoms with Crippen molar-refractivity contribution in [3.8, 4) is 0 Å². The summed E-state index contributed by atoms with van der Waals surface area (Å²) in [5.41, 5.74) is 0.135. The van der Waals surface area contributed by atoms with Crippen molar-refractivity contribution < 1.29 is 5.11 Å². The molecule has 0 aromatic heterocycles. The van der Waals surface area contributed by atoms with Gasteiger partial charge in [0.25, 0.3) is 0 Å². The third kappa shape index (κ3) is 0.667. The summed E-state index contributed by atoms with van der Waals surface area (Å²) in [6.45, 7) is 6.57. The van der Waals surface area contributed by atoms with E-state index in [9.17, 15) is 5.11 Å². The van der Waals surface area contributed by atoms with Crippen LogP contribution in [0.15, 0.2) is 0 Å². The van der Waals surface area contributed by atoms with E-state index in [0.717, 1.165) is 19.3 Å². The Kier molecular flexibility index (Phi) is 1.48. The Hall–Kier alpha value is 0.250. The van der Waals surface area contributed by atoms with Crippen LogP contribution in [0.3, 0.4) is 0 Å². The smallest absolute Gasteiger partial charge is 0.0616 e. The monoisotopic (exact) mass is 188 g/mol. The minimum Gasteiger partial charge on any atom is -0.392 e. The average molecular weight is 189 g/mol. The fraction of sp³-hybridized carbons (Fsp3) is 1.00. The van der Waals surface area contributed by atoms with E-state index in [-0.39, 0.29) is 21.8 Å². The van der Waals surface area contributed by atoms with Gasteiger partial charge >= 0.3 is 0 Å². The molecule has 0 radical (unpaired) electrons. The van der Waals surface area contributed by atoms with Crippen molar-refractivity contribution in [1.82, 2.24) is 0 Å². The molecule has 0 amide bonds. The maximum Gasteiger partial charge on any atom is 0.0616 e. The lowest BCUT2D eigenvalue weighted by Gasteiger charge is -2.38. The molecule has 70 valence electrons. The molecule has 1 N–H and O–H groups in total. The number of alkyl halides is 1. The van der Waals surface area contributed by atoms with Crippen molar-refractivity contribution in [3.05, 3.63) is 0 Å². The van der Waals surface area contributed by atoms with E-state index in [4.69, 9.17) is 11.6 Å². The Bertz CT molecular complexity index is 223. The van der Waals surface area contributed by atoms with E-state index >= 15 is 0 Å². The van der Waals surface area contributed by atoms with Gasteiger partial charge in [-0.3, -0.25) is 0 Å². The maximum absolute atomic E-state index is 9.90. The molecule has 1 nitrogen and oxygen atoms in total. The summed E-state index contributed by atoms with van der Waals surface area (Å²) in [4.78, 5) is -0.138. The first-order chi connectivity index (χ1) is 5.33. The predicted molar refractivity (Wildman–Crippen MR) is 50.3 cm³/mol. The Morgan fingerprint density at radius 2 is 1.83 bits per heavy atom. The van der Waals surface area contributed by atoms with E-state index < -0.39 is 0 Å². The van der Waals surface area contributed by atoms with Crippen LogP contribution in [0, 0.1) is 10.8 Å². The number of rotatable bonds is 0. The zero-order valence-corrected chi connectivity index (χ0v) is 8.78. The summed E-state index contributed by atoms with van der Waals surface area (Å²) in [6.07, 6.45) is 2.72. The first-order valence-electron chi connectivity index (χ1n) is 4.70. The van der Waals surface area contributed by atoms with E-state index in [2.05, 4.69) is 20.8 Å². The normalized spacial score (nSPS) is 56.2. The van der Waals surface area contributed by atoms with Gasteiger partial charge in [-0.1, -0.05) is 20.8 Å². The Morgan fingerprint density at radius 3 is 2.00 bits per heavy atom. The Labute approximate surface area is 79.1 Å². The van der Waals surface area contributed by atoms with E-state index in [1.165, 1.54) is 0 Å². The van der Waals surface area contributed by atoms with Crippen molar-refractivity contribution in [2.24, 2.45) is 10.8 Å². The molecule has 0 aromatic rings. The van der Waals surface area contributed by atoms with Gasteiger partial charge in [-0.05, 0) is 24.7 Å². The van der Waals surface area contributed by atoms with Gasteiger partial charge in [-0.15, -0.1) is 11.6 Å². The topological polar surface area (TPSA) is 20.2 Å². The van der Waals surface area contributed by atoms with Crippen molar-refractivity contribution in [1.29, 1.82) is 0 Å². The van der Waals surface area contributed by atoms with Crippen LogP contribution in [-0.4, -0.2) is 16.1 Å². The lowest BCUT2D eigenvalue weighted by Crippen LogP contribution is -2.37. The van der Waals surface area contributed by atoms with Crippen LogP contribution in [-0.2, 0) is 0 Å². The molecule has 3 atom stereocenters. The number of hydrogen-bond donors (Lipinski definition) is 1. The fourth-order valence-corrected chi connectivity index (χ4v) is 3.52. The van der Waals surface area contributed by atoms with E-state index in [0.29, 0.717) is 0 Å². The SMILES string of the molecule is CC1(C)[C@]2(Cl)CC[C@@]1(C)[C@H](O)C2. The first kappa shape index (κ1) is 8.83. The molecule has 2 saturated carbocycles. The molecule has 0 aliphatic heterocycles. The van der Waals surface area contributed by atoms with E-state index in [1.54, 1.807) is 0 Å². The molecule has 0 aromatic carbocycles. The van der Waals surface area contributed by atoms with Crippen LogP contribution in [0.25, 0.3) is 0 Å². The summed E-state index contributed by atoms with van der Waals surface area (Å²) in [5, 5.41) is 9.90. The van der Waals surface area contributed by atoms with Crippen molar-refractivity contribution >= 4 is 11.6 Å². The maximum atomic E-state index is 9.90. The van der Waals surface area contributed by atoms with Crippen LogP contribution >= 0.6 is 11.6 Å². The van der Waals surface area contributed by atoms with Crippen LogP contribution in [0.5, 0.6) is 0 Å². The van der Waals surface area contributed by atoms with Gasteiger partial charge in [0.05, 0.1) is 11.0 Å². The summed E-state index contributed by atoms with van der Waals surface area (Å²) in [7, 11) is 0. The third-order valence-electron chi connectivity index (χ3n) is 4.84. The first-order valence-corrected chi connectivity index (χ1v) is 5.08. The van der Waals surface area contributed by atoms with Crippen molar-refractivity contribution in [2.75, 3.05) is 0 Å². The molecular weight excluding hydrogens is 172 g/mol. The van der Waals surface area contributed by atoms with Crippen molar-refractivity contribution in [3.63, 3.8) is 0 Å². The summed E-state index contributed by atoms with van der Waals surface area (Å²) in [5.74, 6) is 0. The molecule has 2 rings (SSSR count). The largest absolute Gasteiger partial charge is 0.392 e. The number of halogens is 1. The van der Waals surface area contributed by atoms with Crippen molar-refractivity contribution in [2.45, 2.75) is 51.0 Å². The van der Waals surface area contributed by atoms with Crippen LogP contribution in [0.2, 0.25) is 0 Å². The fourth-order valence-electron chi connectivity index (χ4n) is 3.07. The molecule has 0 unspecified atom stereocenters. The number of aliphatic hydroxyl groups excluding tert-OH is 1. The lowest BCUT2D eigenvalue weighted by molar-refractivity contribution is 0.0128. The summed E-state index contributed by atoms with van der Waals surface area (Å²) in [6, 6.07) is 0. The van der Waals surface area contributed by atoms with Gasteiger partial charge in [-0.25, -0.2) is 0 Å². The minimum absolute atomic E-state index is 0.0503. The van der Waals surface area contributed by atoms with Crippen LogP contribution in [0.4, 0.5) is 0 Å². The van der Waals surface area contributed by atoms with Gasteiger partial charge in [0.15, 0.2) is 0 Å². The third-order valence-corrected chi connectivity index (χ3v) is 5.66. The minimum atomic E-state index is -0.196. The van der Waals surface area contributed by atoms with Gasteiger partial charge in [0, 0.05) is 5.41 Å². The zero-order chi connectivity index (χ0) is 9.20. The van der Waals surface area contributed by atoms with Gasteiger partial charge in [-0.2, -0.15) is 0 Å².